The van der Waals surface area contributed by atoms with Crippen LogP contribution in [0.3, 0.4) is 0 Å². The minimum Gasteiger partial charge on any atom is -0.371 e. The standard InChI is InChI=1S/C14H14BrNO/c15-13-6-2-3-10-11(13)4-1-5-12(10)14-9-16-7-8-17-14/h1-6,14,16H,7-9H2. The summed E-state index contributed by atoms with van der Waals surface area (Å²) >= 11 is 3.60. The van der Waals surface area contributed by atoms with E-state index in [-0.39, 0.29) is 6.10 Å². The molecule has 1 unspecified atom stereocenters. The second kappa shape index (κ2) is 4.77. The van der Waals surface area contributed by atoms with Crippen LogP contribution in [0.5, 0.6) is 0 Å². The Morgan fingerprint density at radius 1 is 1.12 bits per heavy atom. The molecule has 2 aromatic rings. The molecule has 3 rings (SSSR count). The number of hydrogen-bond donors (Lipinski definition) is 1. The SMILES string of the molecule is Brc1cccc2c(C3CNCCO3)cccc12. The average molecular weight is 292 g/mol. The molecule has 88 valence electrons. The zero-order valence-corrected chi connectivity index (χ0v) is 11.0. The van der Waals surface area contributed by atoms with E-state index in [0.29, 0.717) is 0 Å². The predicted molar refractivity (Wildman–Crippen MR) is 73.2 cm³/mol. The highest BCUT2D eigenvalue weighted by Gasteiger charge is 2.17. The zero-order valence-electron chi connectivity index (χ0n) is 9.45. The second-order valence-electron chi connectivity index (χ2n) is 4.25. The third kappa shape index (κ3) is 2.10. The van der Waals surface area contributed by atoms with Crippen molar-refractivity contribution < 1.29 is 4.74 Å². The Morgan fingerprint density at radius 3 is 2.76 bits per heavy atom. The molecule has 0 bridgehead atoms. The van der Waals surface area contributed by atoms with Crippen molar-refractivity contribution in [2.75, 3.05) is 19.7 Å². The maximum Gasteiger partial charge on any atom is 0.0955 e. The number of fused-ring (bicyclic) bond motifs is 1. The van der Waals surface area contributed by atoms with E-state index in [1.165, 1.54) is 16.3 Å². The van der Waals surface area contributed by atoms with Crippen molar-refractivity contribution in [3.05, 3.63) is 46.4 Å². The molecule has 0 amide bonds. The average Bonchev–Trinajstić information content (AvgIpc) is 2.40. The Bertz CT molecular complexity index is 535. The van der Waals surface area contributed by atoms with E-state index in [9.17, 15) is 0 Å². The molecule has 0 aromatic heterocycles. The van der Waals surface area contributed by atoms with Crippen LogP contribution in [-0.2, 0) is 4.74 Å². The first-order valence-electron chi connectivity index (χ1n) is 5.86. The van der Waals surface area contributed by atoms with Gasteiger partial charge in [-0.15, -0.1) is 0 Å². The maximum absolute atomic E-state index is 5.83. The third-order valence-electron chi connectivity index (χ3n) is 3.18. The van der Waals surface area contributed by atoms with Crippen molar-refractivity contribution in [2.24, 2.45) is 0 Å². The first-order valence-corrected chi connectivity index (χ1v) is 6.65. The van der Waals surface area contributed by atoms with Crippen LogP contribution >= 0.6 is 15.9 Å². The van der Waals surface area contributed by atoms with Crippen molar-refractivity contribution in [3.63, 3.8) is 0 Å². The van der Waals surface area contributed by atoms with Gasteiger partial charge in [-0.2, -0.15) is 0 Å². The first-order chi connectivity index (χ1) is 8.36. The van der Waals surface area contributed by atoms with Gasteiger partial charge < -0.3 is 10.1 Å². The van der Waals surface area contributed by atoms with E-state index < -0.39 is 0 Å². The van der Waals surface area contributed by atoms with E-state index in [4.69, 9.17) is 4.74 Å². The summed E-state index contributed by atoms with van der Waals surface area (Å²) in [5.74, 6) is 0. The van der Waals surface area contributed by atoms with Gasteiger partial charge in [0.15, 0.2) is 0 Å². The van der Waals surface area contributed by atoms with Gasteiger partial charge in [0.1, 0.15) is 0 Å². The predicted octanol–water partition coefficient (Wildman–Crippen LogP) is 3.26. The number of hydrogen-bond acceptors (Lipinski definition) is 2. The van der Waals surface area contributed by atoms with Gasteiger partial charge in [-0.1, -0.05) is 46.3 Å². The molecule has 1 N–H and O–H groups in total. The van der Waals surface area contributed by atoms with Crippen LogP contribution in [0.4, 0.5) is 0 Å². The van der Waals surface area contributed by atoms with Crippen molar-refractivity contribution in [3.8, 4) is 0 Å². The van der Waals surface area contributed by atoms with E-state index in [1.807, 2.05) is 0 Å². The summed E-state index contributed by atoms with van der Waals surface area (Å²) in [6.07, 6.45) is 0.168. The molecule has 3 heteroatoms. The summed E-state index contributed by atoms with van der Waals surface area (Å²) in [4.78, 5) is 0. The topological polar surface area (TPSA) is 21.3 Å². The Morgan fingerprint density at radius 2 is 1.94 bits per heavy atom. The van der Waals surface area contributed by atoms with Gasteiger partial charge in [-0.25, -0.2) is 0 Å². The van der Waals surface area contributed by atoms with E-state index in [0.717, 1.165) is 24.2 Å². The van der Waals surface area contributed by atoms with Crippen LogP contribution < -0.4 is 5.32 Å². The summed E-state index contributed by atoms with van der Waals surface area (Å²) in [5, 5.41) is 5.90. The highest BCUT2D eigenvalue weighted by Crippen LogP contribution is 2.31. The van der Waals surface area contributed by atoms with Crippen LogP contribution in [-0.4, -0.2) is 19.7 Å². The van der Waals surface area contributed by atoms with Crippen LogP contribution in [0.1, 0.15) is 11.7 Å². The molecule has 0 radical (unpaired) electrons. The van der Waals surface area contributed by atoms with Crippen LogP contribution in [0, 0.1) is 0 Å². The minimum absolute atomic E-state index is 0.168. The molecule has 1 aliphatic rings. The monoisotopic (exact) mass is 291 g/mol. The molecule has 1 saturated heterocycles. The normalized spacial score (nSPS) is 20.6. The quantitative estimate of drug-likeness (QED) is 0.871. The molecule has 17 heavy (non-hydrogen) atoms. The fraction of sp³-hybridized carbons (Fsp3) is 0.286. The summed E-state index contributed by atoms with van der Waals surface area (Å²) in [7, 11) is 0. The molecule has 1 aliphatic heterocycles. The fourth-order valence-corrected chi connectivity index (χ4v) is 2.84. The van der Waals surface area contributed by atoms with Gasteiger partial charge in [0.05, 0.1) is 12.7 Å². The van der Waals surface area contributed by atoms with Crippen LogP contribution in [0.2, 0.25) is 0 Å². The smallest absolute Gasteiger partial charge is 0.0955 e. The molecular weight excluding hydrogens is 278 g/mol. The van der Waals surface area contributed by atoms with Gasteiger partial charge in [0, 0.05) is 17.6 Å². The lowest BCUT2D eigenvalue weighted by Crippen LogP contribution is -2.33. The molecule has 1 heterocycles. The van der Waals surface area contributed by atoms with Crippen molar-refractivity contribution >= 4 is 26.7 Å². The number of rotatable bonds is 1. The van der Waals surface area contributed by atoms with Gasteiger partial charge in [-0.05, 0) is 22.4 Å². The Labute approximate surface area is 109 Å². The van der Waals surface area contributed by atoms with Crippen molar-refractivity contribution in [2.45, 2.75) is 6.10 Å². The van der Waals surface area contributed by atoms with Crippen molar-refractivity contribution in [1.82, 2.24) is 5.32 Å². The molecule has 2 aromatic carbocycles. The van der Waals surface area contributed by atoms with E-state index >= 15 is 0 Å². The van der Waals surface area contributed by atoms with E-state index in [2.05, 4.69) is 57.6 Å². The third-order valence-corrected chi connectivity index (χ3v) is 3.87. The second-order valence-corrected chi connectivity index (χ2v) is 5.10. The van der Waals surface area contributed by atoms with Gasteiger partial charge >= 0.3 is 0 Å². The fourth-order valence-electron chi connectivity index (χ4n) is 2.34. The maximum atomic E-state index is 5.83. The molecule has 1 atom stereocenters. The molecule has 1 fully saturated rings. The van der Waals surface area contributed by atoms with E-state index in [1.54, 1.807) is 0 Å². The minimum atomic E-state index is 0.168. The molecule has 0 saturated carbocycles. The number of morpholine rings is 1. The lowest BCUT2D eigenvalue weighted by molar-refractivity contribution is 0.0286. The summed E-state index contributed by atoms with van der Waals surface area (Å²) in [6, 6.07) is 12.7. The van der Waals surface area contributed by atoms with Crippen LogP contribution in [0.15, 0.2) is 40.9 Å². The molecule has 2 nitrogen and oxygen atoms in total. The number of nitrogens with one attached hydrogen (secondary N) is 1. The lowest BCUT2D eigenvalue weighted by atomic mass is 10.00. The summed E-state index contributed by atoms with van der Waals surface area (Å²) in [6.45, 7) is 2.63. The Hall–Kier alpha value is -0.900. The lowest BCUT2D eigenvalue weighted by Gasteiger charge is -2.25. The highest BCUT2D eigenvalue weighted by atomic mass is 79.9. The first kappa shape index (κ1) is 11.2. The number of halogens is 1. The Kier molecular flexibility index (Phi) is 3.14. The number of ether oxygens (including phenoxy) is 1. The van der Waals surface area contributed by atoms with Crippen LogP contribution in [0.25, 0.3) is 10.8 Å². The zero-order chi connectivity index (χ0) is 11.7. The highest BCUT2D eigenvalue weighted by molar-refractivity contribution is 9.10. The van der Waals surface area contributed by atoms with Gasteiger partial charge in [-0.3, -0.25) is 0 Å². The molecule has 0 aliphatic carbocycles. The Balaban J connectivity index is 2.12. The molecular formula is C14H14BrNO. The number of benzene rings is 2. The molecule has 0 spiro atoms. The summed E-state index contributed by atoms with van der Waals surface area (Å²) < 4.78 is 6.97. The van der Waals surface area contributed by atoms with Crippen molar-refractivity contribution in [1.29, 1.82) is 0 Å². The van der Waals surface area contributed by atoms with Gasteiger partial charge in [0.2, 0.25) is 0 Å². The van der Waals surface area contributed by atoms with Gasteiger partial charge in [0.25, 0.3) is 0 Å². The summed E-state index contributed by atoms with van der Waals surface area (Å²) in [5.41, 5.74) is 1.27. The largest absolute Gasteiger partial charge is 0.371 e.